The number of hydrogen-bond donors (Lipinski definition) is 1. The van der Waals surface area contributed by atoms with Gasteiger partial charge in [-0.3, -0.25) is 4.79 Å². The molecule has 1 N–H and O–H groups in total. The smallest absolute Gasteiger partial charge is 0.316 e. The molecule has 21 heavy (non-hydrogen) atoms. The third kappa shape index (κ3) is 2.97. The molecule has 0 saturated carbocycles. The molecule has 2 fully saturated rings. The number of nitrogens with zero attached hydrogens (tertiary/aromatic N) is 1. The summed E-state index contributed by atoms with van der Waals surface area (Å²) in [6, 6.07) is 9.37. The second-order valence-corrected chi connectivity index (χ2v) is 6.05. The Bertz CT molecular complexity index is 547. The van der Waals surface area contributed by atoms with E-state index in [2.05, 4.69) is 11.9 Å². The number of piperidine rings is 1. The van der Waals surface area contributed by atoms with E-state index in [0.29, 0.717) is 17.6 Å². The van der Waals surface area contributed by atoms with Gasteiger partial charge < -0.3 is 14.7 Å². The van der Waals surface area contributed by atoms with Gasteiger partial charge in [-0.2, -0.15) is 0 Å². The molecule has 0 aromatic heterocycles. The minimum Gasteiger partial charge on any atom is -0.462 e. The van der Waals surface area contributed by atoms with Gasteiger partial charge in [-0.05, 0) is 38.3 Å². The molecule has 0 spiro atoms. The van der Waals surface area contributed by atoms with Crippen LogP contribution in [0.2, 0.25) is 0 Å². The van der Waals surface area contributed by atoms with Gasteiger partial charge >= 0.3 is 5.97 Å². The Balaban J connectivity index is 1.72. The molecule has 2 saturated heterocycles. The van der Waals surface area contributed by atoms with Crippen molar-refractivity contribution in [2.75, 3.05) is 13.6 Å². The van der Waals surface area contributed by atoms with E-state index in [0.717, 1.165) is 25.7 Å². The maximum Gasteiger partial charge on any atom is 0.316 e. The van der Waals surface area contributed by atoms with Crippen LogP contribution in [0.5, 0.6) is 0 Å². The van der Waals surface area contributed by atoms with Crippen molar-refractivity contribution >= 4 is 5.97 Å². The van der Waals surface area contributed by atoms with E-state index in [1.165, 1.54) is 0 Å². The number of ether oxygens (including phenoxy) is 1. The van der Waals surface area contributed by atoms with Crippen molar-refractivity contribution < 1.29 is 17.4 Å². The molecule has 2 aliphatic rings. The second kappa shape index (κ2) is 6.16. The predicted octanol–water partition coefficient (Wildman–Crippen LogP) is 1.93. The molecular formula is C17H23NO3. The molecule has 0 amide bonds. The average molecular weight is 292 g/mol. The largest absolute Gasteiger partial charge is 0.462 e. The van der Waals surface area contributed by atoms with E-state index < -0.39 is 18.4 Å². The first-order chi connectivity index (χ1) is 10.9. The summed E-state index contributed by atoms with van der Waals surface area (Å²) < 4.78 is 20.8. The Labute approximate surface area is 128 Å². The van der Waals surface area contributed by atoms with Crippen molar-refractivity contribution in [3.8, 4) is 0 Å². The van der Waals surface area contributed by atoms with E-state index in [9.17, 15) is 9.90 Å². The summed E-state index contributed by atoms with van der Waals surface area (Å²) >= 11 is 0. The molecule has 2 unspecified atom stereocenters. The van der Waals surface area contributed by atoms with E-state index >= 15 is 0 Å². The van der Waals surface area contributed by atoms with Crippen molar-refractivity contribution in [1.29, 1.82) is 0 Å². The van der Waals surface area contributed by atoms with Crippen molar-refractivity contribution in [2.24, 2.45) is 0 Å². The van der Waals surface area contributed by atoms with Crippen LogP contribution >= 0.6 is 0 Å². The van der Waals surface area contributed by atoms with Gasteiger partial charge in [-0.25, -0.2) is 0 Å². The third-order valence-electron chi connectivity index (χ3n) is 4.84. The average Bonchev–Trinajstić information content (AvgIpc) is 2.70. The van der Waals surface area contributed by atoms with Gasteiger partial charge in [0.25, 0.3) is 0 Å². The minimum atomic E-state index is -2.65. The zero-order chi connectivity index (χ0) is 16.6. The van der Waals surface area contributed by atoms with Gasteiger partial charge in [-0.1, -0.05) is 30.3 Å². The number of fused-ring (bicyclic) bond motifs is 2. The van der Waals surface area contributed by atoms with Gasteiger partial charge in [0.2, 0.25) is 0 Å². The fourth-order valence-electron chi connectivity index (χ4n) is 3.60. The number of benzene rings is 1. The summed E-state index contributed by atoms with van der Waals surface area (Å²) in [7, 11) is 2.11. The lowest BCUT2D eigenvalue weighted by Gasteiger charge is -2.36. The van der Waals surface area contributed by atoms with E-state index in [1.807, 2.05) is 0 Å². The molecule has 1 aromatic carbocycles. The van der Waals surface area contributed by atoms with Crippen LogP contribution in [-0.4, -0.2) is 47.8 Å². The maximum atomic E-state index is 12.5. The summed E-state index contributed by atoms with van der Waals surface area (Å²) in [5.74, 6) is -2.00. The molecule has 4 atom stereocenters. The zero-order valence-corrected chi connectivity index (χ0v) is 12.2. The number of esters is 1. The quantitative estimate of drug-likeness (QED) is 0.680. The summed E-state index contributed by atoms with van der Waals surface area (Å²) in [6.45, 7) is -2.65. The number of aliphatic hydroxyl groups is 1. The lowest BCUT2D eigenvalue weighted by Crippen LogP contribution is -2.43. The summed E-state index contributed by atoms with van der Waals surface area (Å²) in [6.07, 6.45) is 3.63. The van der Waals surface area contributed by atoms with Gasteiger partial charge in [0, 0.05) is 12.1 Å². The number of rotatable bonds is 4. The minimum absolute atomic E-state index is 0.190. The highest BCUT2D eigenvalue weighted by Gasteiger charge is 2.40. The van der Waals surface area contributed by atoms with Crippen molar-refractivity contribution in [1.82, 2.24) is 4.90 Å². The van der Waals surface area contributed by atoms with Crippen LogP contribution in [0.3, 0.4) is 0 Å². The van der Waals surface area contributed by atoms with Crippen LogP contribution in [0.1, 0.15) is 39.9 Å². The molecule has 1 aromatic rings. The van der Waals surface area contributed by atoms with Crippen LogP contribution < -0.4 is 0 Å². The lowest BCUT2D eigenvalue weighted by molar-refractivity contribution is -0.155. The Morgan fingerprint density at radius 3 is 2.57 bits per heavy atom. The van der Waals surface area contributed by atoms with Crippen molar-refractivity contribution in [2.45, 2.75) is 49.8 Å². The predicted molar refractivity (Wildman–Crippen MR) is 80.0 cm³/mol. The molecular weight excluding hydrogens is 267 g/mol. The Morgan fingerprint density at radius 1 is 1.38 bits per heavy atom. The van der Waals surface area contributed by atoms with Gasteiger partial charge in [0.1, 0.15) is 12.0 Å². The summed E-state index contributed by atoms with van der Waals surface area (Å²) in [5, 5.41) is 9.81. The summed E-state index contributed by atoms with van der Waals surface area (Å²) in [4.78, 5) is 14.9. The fourth-order valence-corrected chi connectivity index (χ4v) is 3.60. The van der Waals surface area contributed by atoms with Crippen LogP contribution in [0.15, 0.2) is 30.3 Å². The van der Waals surface area contributed by atoms with E-state index in [-0.39, 0.29) is 6.10 Å². The number of hydrogen-bond acceptors (Lipinski definition) is 4. The van der Waals surface area contributed by atoms with E-state index in [1.54, 1.807) is 30.3 Å². The molecule has 2 bridgehead atoms. The Kier molecular flexibility index (Phi) is 3.57. The third-order valence-corrected chi connectivity index (χ3v) is 4.84. The molecule has 2 aliphatic heterocycles. The van der Waals surface area contributed by atoms with Crippen molar-refractivity contribution in [3.63, 3.8) is 0 Å². The Morgan fingerprint density at radius 2 is 2.00 bits per heavy atom. The van der Waals surface area contributed by atoms with Gasteiger partial charge in [-0.15, -0.1) is 0 Å². The lowest BCUT2D eigenvalue weighted by atomic mass is 10.0. The normalized spacial score (nSPS) is 32.2. The first-order valence-corrected chi connectivity index (χ1v) is 7.56. The zero-order valence-electron chi connectivity index (χ0n) is 14.2. The van der Waals surface area contributed by atoms with Crippen LogP contribution in [0.4, 0.5) is 0 Å². The molecule has 4 heteroatoms. The topological polar surface area (TPSA) is 49.8 Å². The van der Waals surface area contributed by atoms with Crippen LogP contribution in [0, 0.1) is 0 Å². The standard InChI is InChI=1S/C17H23NO3/c1-18-13-7-8-14(18)10-15(9-13)21-17(20)16(11-19)12-5-3-2-4-6-12/h2-6,13-16,19H,7-11H2,1H3/t13-,14+,15?,16?/i11D2,17+1. The van der Waals surface area contributed by atoms with Gasteiger partial charge in [0.05, 0.1) is 9.30 Å². The molecule has 2 heterocycles. The van der Waals surface area contributed by atoms with Crippen molar-refractivity contribution in [3.05, 3.63) is 35.9 Å². The monoisotopic (exact) mass is 292 g/mol. The second-order valence-electron chi connectivity index (χ2n) is 6.05. The van der Waals surface area contributed by atoms with Crippen LogP contribution in [-0.2, 0) is 9.53 Å². The first-order valence-electron chi connectivity index (χ1n) is 8.56. The summed E-state index contributed by atoms with van der Waals surface area (Å²) in [5.41, 5.74) is 0.431. The first kappa shape index (κ1) is 12.2. The SMILES string of the molecule is [2H]C([2H])(O)C(c1ccccc1)[13C](=O)OC1C[C@H]2CC[C@@H](C1)N2C. The number of carbonyl (C=O) groups is 1. The Hall–Kier alpha value is -1.39. The molecule has 3 rings (SSSR count). The van der Waals surface area contributed by atoms with E-state index in [4.69, 9.17) is 7.48 Å². The maximum absolute atomic E-state index is 12.5. The highest BCUT2D eigenvalue weighted by atomic mass is 16.6. The molecule has 0 radical (unpaired) electrons. The number of carbonyl (C=O) groups excluding carboxylic acids is 1. The molecule has 4 nitrogen and oxygen atoms in total. The molecule has 114 valence electrons. The highest BCUT2D eigenvalue weighted by molar-refractivity contribution is 5.78. The van der Waals surface area contributed by atoms with Gasteiger partial charge in [0.15, 0.2) is 0 Å². The van der Waals surface area contributed by atoms with Crippen LogP contribution in [0.25, 0.3) is 0 Å². The highest BCUT2D eigenvalue weighted by Crippen LogP contribution is 2.36. The fraction of sp³-hybridized carbons (Fsp3) is 0.588. The molecule has 0 aliphatic carbocycles.